The van der Waals surface area contributed by atoms with Crippen LogP contribution < -0.4 is 17.2 Å². The van der Waals surface area contributed by atoms with Crippen molar-refractivity contribution in [3.05, 3.63) is 0 Å². The topological polar surface area (TPSA) is 150 Å². The first-order valence-corrected chi connectivity index (χ1v) is 4.93. The maximum Gasteiger partial charge on any atom is 0.0937 e. The molecule has 0 saturated carbocycles. The monoisotopic (exact) mass is 212 g/mol. The molecule has 9 N–H and O–H groups in total. The second-order valence-electron chi connectivity index (χ2n) is 3.63. The van der Waals surface area contributed by atoms with Crippen molar-refractivity contribution in [3.63, 3.8) is 0 Å². The van der Waals surface area contributed by atoms with Crippen molar-refractivity contribution < 1.29 is 0 Å². The summed E-state index contributed by atoms with van der Waals surface area (Å²) in [5.74, 6) is 0.352. The average Bonchev–Trinajstić information content (AvgIpc) is 2.09. The third-order valence-corrected chi connectivity index (χ3v) is 2.20. The van der Waals surface area contributed by atoms with Crippen molar-refractivity contribution in [2.45, 2.75) is 32.1 Å². The average molecular weight is 212 g/mol. The van der Waals surface area contributed by atoms with Gasteiger partial charge in [0.2, 0.25) is 0 Å². The van der Waals surface area contributed by atoms with Crippen LogP contribution in [0.15, 0.2) is 0 Å². The molecule has 0 heterocycles. The minimum absolute atomic E-state index is 0.0479. The van der Waals surface area contributed by atoms with E-state index in [1.165, 1.54) is 0 Å². The second-order valence-corrected chi connectivity index (χ2v) is 3.63. The standard InChI is InChI=1S/C9H20N6/c10-7(11)3-1-2-6(9(14)15)4-5-8(12)13/h6H,1-5H2,(H3,10,11)(H3,12,13)(H3,14,15). The van der Waals surface area contributed by atoms with Crippen molar-refractivity contribution in [2.24, 2.45) is 23.1 Å². The molecule has 0 aliphatic rings. The van der Waals surface area contributed by atoms with Crippen LogP contribution in [-0.4, -0.2) is 17.5 Å². The Morgan fingerprint density at radius 3 is 1.80 bits per heavy atom. The lowest BCUT2D eigenvalue weighted by Crippen LogP contribution is -2.24. The molecule has 0 aromatic heterocycles. The molecule has 6 heteroatoms. The quantitative estimate of drug-likeness (QED) is 0.254. The third-order valence-electron chi connectivity index (χ3n) is 2.20. The Morgan fingerprint density at radius 1 is 0.867 bits per heavy atom. The Morgan fingerprint density at radius 2 is 1.40 bits per heavy atom. The third kappa shape index (κ3) is 7.48. The highest BCUT2D eigenvalue weighted by Crippen LogP contribution is 2.14. The molecule has 0 aromatic carbocycles. The van der Waals surface area contributed by atoms with Crippen molar-refractivity contribution >= 4 is 17.5 Å². The van der Waals surface area contributed by atoms with Crippen molar-refractivity contribution in [1.82, 2.24) is 0 Å². The highest BCUT2D eigenvalue weighted by atomic mass is 14.7. The number of hydrogen-bond acceptors (Lipinski definition) is 3. The second kappa shape index (κ2) is 6.80. The summed E-state index contributed by atoms with van der Waals surface area (Å²) < 4.78 is 0. The number of amidine groups is 3. The Balaban J connectivity index is 3.88. The van der Waals surface area contributed by atoms with E-state index in [1.54, 1.807) is 0 Å². The van der Waals surface area contributed by atoms with Gasteiger partial charge in [0.15, 0.2) is 0 Å². The van der Waals surface area contributed by atoms with Gasteiger partial charge in [-0.05, 0) is 19.3 Å². The fourth-order valence-corrected chi connectivity index (χ4v) is 1.32. The Labute approximate surface area is 89.7 Å². The van der Waals surface area contributed by atoms with Crippen LogP contribution in [0.5, 0.6) is 0 Å². The molecule has 6 nitrogen and oxygen atoms in total. The summed E-state index contributed by atoms with van der Waals surface area (Å²) in [6.45, 7) is 0. The summed E-state index contributed by atoms with van der Waals surface area (Å²) in [4.78, 5) is 0. The van der Waals surface area contributed by atoms with Gasteiger partial charge in [0.25, 0.3) is 0 Å². The number of rotatable bonds is 8. The fraction of sp³-hybridized carbons (Fsp3) is 0.667. The lowest BCUT2D eigenvalue weighted by Gasteiger charge is -2.14. The molecule has 0 saturated heterocycles. The molecule has 0 aliphatic carbocycles. The van der Waals surface area contributed by atoms with Gasteiger partial charge < -0.3 is 17.2 Å². The van der Waals surface area contributed by atoms with Crippen LogP contribution in [0, 0.1) is 22.1 Å². The number of hydrogen-bond donors (Lipinski definition) is 6. The summed E-state index contributed by atoms with van der Waals surface area (Å²) in [5, 5.41) is 21.5. The largest absolute Gasteiger partial charge is 0.388 e. The van der Waals surface area contributed by atoms with Crippen molar-refractivity contribution in [2.75, 3.05) is 0 Å². The Bertz CT molecular complexity index is 247. The molecule has 86 valence electrons. The molecule has 0 bridgehead atoms. The molecule has 15 heavy (non-hydrogen) atoms. The Hall–Kier alpha value is -1.59. The molecule has 0 rings (SSSR count). The first kappa shape index (κ1) is 13.4. The van der Waals surface area contributed by atoms with Gasteiger partial charge >= 0.3 is 0 Å². The predicted molar refractivity (Wildman–Crippen MR) is 62.3 cm³/mol. The van der Waals surface area contributed by atoms with E-state index in [9.17, 15) is 0 Å². The molecule has 0 amide bonds. The SMILES string of the molecule is N=C(N)CCCC(CCC(=N)N)C(=N)N. The summed E-state index contributed by atoms with van der Waals surface area (Å²) >= 11 is 0. The normalized spacial score (nSPS) is 12.0. The summed E-state index contributed by atoms with van der Waals surface area (Å²) in [7, 11) is 0. The molecule has 0 aromatic rings. The minimum Gasteiger partial charge on any atom is -0.388 e. The van der Waals surface area contributed by atoms with Crippen LogP contribution in [-0.2, 0) is 0 Å². The molecule has 0 fully saturated rings. The smallest absolute Gasteiger partial charge is 0.0937 e. The highest BCUT2D eigenvalue weighted by Gasteiger charge is 2.12. The molecule has 0 spiro atoms. The van der Waals surface area contributed by atoms with E-state index in [2.05, 4.69) is 0 Å². The number of nitrogens with one attached hydrogen (secondary N) is 3. The van der Waals surface area contributed by atoms with Gasteiger partial charge in [-0.1, -0.05) is 0 Å². The zero-order chi connectivity index (χ0) is 11.8. The zero-order valence-electron chi connectivity index (χ0n) is 8.84. The first-order valence-electron chi connectivity index (χ1n) is 4.93. The summed E-state index contributed by atoms with van der Waals surface area (Å²) in [6.07, 6.45) is 3.09. The maximum absolute atomic E-state index is 7.36. The zero-order valence-corrected chi connectivity index (χ0v) is 8.84. The van der Waals surface area contributed by atoms with Crippen molar-refractivity contribution in [1.29, 1.82) is 16.2 Å². The summed E-state index contributed by atoms with van der Waals surface area (Å²) in [5.41, 5.74) is 15.9. The molecule has 0 radical (unpaired) electrons. The van der Waals surface area contributed by atoms with E-state index >= 15 is 0 Å². The molecular formula is C9H20N6. The van der Waals surface area contributed by atoms with Gasteiger partial charge in [0.1, 0.15) is 0 Å². The minimum atomic E-state index is -0.0479. The molecule has 1 unspecified atom stereocenters. The van der Waals surface area contributed by atoms with E-state index in [-0.39, 0.29) is 23.4 Å². The molecule has 0 aliphatic heterocycles. The highest BCUT2D eigenvalue weighted by molar-refractivity contribution is 5.81. The first-order chi connectivity index (χ1) is 6.93. The lowest BCUT2D eigenvalue weighted by atomic mass is 9.95. The van der Waals surface area contributed by atoms with Crippen LogP contribution in [0.4, 0.5) is 0 Å². The molecular weight excluding hydrogens is 192 g/mol. The van der Waals surface area contributed by atoms with E-state index in [0.717, 1.165) is 12.8 Å². The maximum atomic E-state index is 7.36. The number of nitrogens with two attached hydrogens (primary N) is 3. The summed E-state index contributed by atoms with van der Waals surface area (Å²) in [6, 6.07) is 0. The van der Waals surface area contributed by atoms with E-state index < -0.39 is 0 Å². The van der Waals surface area contributed by atoms with E-state index in [1.807, 2.05) is 0 Å². The predicted octanol–water partition coefficient (Wildman–Crippen LogP) is 0.361. The van der Waals surface area contributed by atoms with Crippen molar-refractivity contribution in [3.8, 4) is 0 Å². The van der Waals surface area contributed by atoms with Gasteiger partial charge in [-0.25, -0.2) is 0 Å². The van der Waals surface area contributed by atoms with Crippen LogP contribution in [0.1, 0.15) is 32.1 Å². The fourth-order valence-electron chi connectivity index (χ4n) is 1.32. The van der Waals surface area contributed by atoms with Crippen LogP contribution >= 0.6 is 0 Å². The lowest BCUT2D eigenvalue weighted by molar-refractivity contribution is 0.561. The van der Waals surface area contributed by atoms with Gasteiger partial charge in [-0.3, -0.25) is 16.2 Å². The molecule has 1 atom stereocenters. The Kier molecular flexibility index (Phi) is 6.08. The van der Waals surface area contributed by atoms with E-state index in [4.69, 9.17) is 33.4 Å². The van der Waals surface area contributed by atoms with Crippen LogP contribution in [0.2, 0.25) is 0 Å². The van der Waals surface area contributed by atoms with Gasteiger partial charge in [-0.15, -0.1) is 0 Å². The van der Waals surface area contributed by atoms with Gasteiger partial charge in [0.05, 0.1) is 17.5 Å². The van der Waals surface area contributed by atoms with E-state index in [0.29, 0.717) is 19.3 Å². The van der Waals surface area contributed by atoms with Gasteiger partial charge in [-0.2, -0.15) is 0 Å². The van der Waals surface area contributed by atoms with Crippen LogP contribution in [0.25, 0.3) is 0 Å². The van der Waals surface area contributed by atoms with Crippen LogP contribution in [0.3, 0.4) is 0 Å². The van der Waals surface area contributed by atoms with Gasteiger partial charge in [0, 0.05) is 18.8 Å².